The highest BCUT2D eigenvalue weighted by molar-refractivity contribution is 9.10. The zero-order valence-electron chi connectivity index (χ0n) is 9.88. The molecule has 2 aromatic rings. The summed E-state index contributed by atoms with van der Waals surface area (Å²) in [6.07, 6.45) is 0. The minimum Gasteiger partial charge on any atom is -0.396 e. The van der Waals surface area contributed by atoms with Gasteiger partial charge in [0.1, 0.15) is 5.82 Å². The van der Waals surface area contributed by atoms with Gasteiger partial charge in [-0.2, -0.15) is 0 Å². The Morgan fingerprint density at radius 1 is 1.20 bits per heavy atom. The molecule has 0 aromatic heterocycles. The molecule has 2 aromatic carbocycles. The molecule has 0 fully saturated rings. The summed E-state index contributed by atoms with van der Waals surface area (Å²) in [6.45, 7) is 0. The Kier molecular flexibility index (Phi) is 4.52. The number of carbonyl (C=O) groups is 1. The van der Waals surface area contributed by atoms with E-state index >= 15 is 0 Å². The third kappa shape index (κ3) is 3.23. The lowest BCUT2D eigenvalue weighted by molar-refractivity contribution is 0.102. The Bertz CT molecular complexity index is 671. The van der Waals surface area contributed by atoms with Gasteiger partial charge in [-0.05, 0) is 46.3 Å². The van der Waals surface area contributed by atoms with Crippen LogP contribution in [0.15, 0.2) is 34.8 Å². The maximum atomic E-state index is 13.0. The highest BCUT2D eigenvalue weighted by Crippen LogP contribution is 2.30. The average molecular weight is 378 g/mol. The van der Waals surface area contributed by atoms with Crippen molar-refractivity contribution in [2.75, 3.05) is 11.1 Å². The molecule has 0 heterocycles. The number of anilines is 2. The molecular weight excluding hydrogens is 370 g/mol. The Balaban J connectivity index is 2.28. The van der Waals surface area contributed by atoms with Crippen LogP contribution >= 0.6 is 39.1 Å². The number of nitrogen functional groups attached to an aromatic ring is 1. The number of halogens is 4. The van der Waals surface area contributed by atoms with Crippen molar-refractivity contribution in [2.24, 2.45) is 0 Å². The molecule has 0 bridgehead atoms. The topological polar surface area (TPSA) is 55.1 Å². The van der Waals surface area contributed by atoms with Gasteiger partial charge in [-0.15, -0.1) is 0 Å². The molecule has 0 atom stereocenters. The van der Waals surface area contributed by atoms with E-state index in [4.69, 9.17) is 28.9 Å². The number of carbonyl (C=O) groups excluding carboxylic acids is 1. The van der Waals surface area contributed by atoms with Crippen molar-refractivity contribution in [3.8, 4) is 0 Å². The largest absolute Gasteiger partial charge is 0.396 e. The highest BCUT2D eigenvalue weighted by Gasteiger charge is 2.13. The Morgan fingerprint density at radius 3 is 2.35 bits per heavy atom. The summed E-state index contributed by atoms with van der Waals surface area (Å²) in [6, 6.07) is 6.75. The molecular formula is C13H8BrCl2FN2O. The summed E-state index contributed by atoms with van der Waals surface area (Å²) in [5, 5.41) is 3.01. The standard InChI is InChI=1S/C13H8BrCl2FN2O/c14-8-5-7(17)1-2-11(8)19-13(20)6-3-9(15)12(18)10(16)4-6/h1-5H,18H2,(H,19,20). The molecule has 1 amide bonds. The van der Waals surface area contributed by atoms with E-state index in [1.165, 1.54) is 30.3 Å². The lowest BCUT2D eigenvalue weighted by Crippen LogP contribution is -2.12. The highest BCUT2D eigenvalue weighted by atomic mass is 79.9. The number of nitrogens with two attached hydrogens (primary N) is 1. The van der Waals surface area contributed by atoms with Gasteiger partial charge in [0.2, 0.25) is 0 Å². The maximum Gasteiger partial charge on any atom is 0.255 e. The number of benzene rings is 2. The summed E-state index contributed by atoms with van der Waals surface area (Å²) >= 11 is 14.9. The van der Waals surface area contributed by atoms with Gasteiger partial charge in [0.15, 0.2) is 0 Å². The molecule has 3 nitrogen and oxygen atoms in total. The fourth-order valence-electron chi connectivity index (χ4n) is 1.50. The van der Waals surface area contributed by atoms with Crippen molar-refractivity contribution < 1.29 is 9.18 Å². The second-order valence-corrected chi connectivity index (χ2v) is 5.60. The van der Waals surface area contributed by atoms with Crippen LogP contribution in [0.5, 0.6) is 0 Å². The normalized spacial score (nSPS) is 10.4. The summed E-state index contributed by atoms with van der Waals surface area (Å²) in [4.78, 5) is 12.1. The fourth-order valence-corrected chi connectivity index (χ4v) is 2.44. The summed E-state index contributed by atoms with van der Waals surface area (Å²) in [7, 11) is 0. The second-order valence-electron chi connectivity index (χ2n) is 3.93. The van der Waals surface area contributed by atoms with Crippen LogP contribution in [0.1, 0.15) is 10.4 Å². The van der Waals surface area contributed by atoms with Crippen molar-refractivity contribution in [1.29, 1.82) is 0 Å². The summed E-state index contributed by atoms with van der Waals surface area (Å²) in [5.74, 6) is -0.838. The molecule has 0 aliphatic rings. The molecule has 0 spiro atoms. The van der Waals surface area contributed by atoms with E-state index in [0.29, 0.717) is 10.2 Å². The van der Waals surface area contributed by atoms with Gasteiger partial charge in [0, 0.05) is 10.0 Å². The Labute approximate surface area is 133 Å². The van der Waals surface area contributed by atoms with Gasteiger partial charge in [0.05, 0.1) is 21.4 Å². The van der Waals surface area contributed by atoms with E-state index in [2.05, 4.69) is 21.2 Å². The van der Waals surface area contributed by atoms with Crippen molar-refractivity contribution in [3.63, 3.8) is 0 Å². The van der Waals surface area contributed by atoms with Crippen LogP contribution in [0, 0.1) is 5.82 Å². The Morgan fingerprint density at radius 2 is 1.80 bits per heavy atom. The molecule has 104 valence electrons. The molecule has 0 unspecified atom stereocenters. The van der Waals surface area contributed by atoms with Crippen LogP contribution in [0.25, 0.3) is 0 Å². The van der Waals surface area contributed by atoms with Gasteiger partial charge >= 0.3 is 0 Å². The van der Waals surface area contributed by atoms with Crippen molar-refractivity contribution in [2.45, 2.75) is 0 Å². The van der Waals surface area contributed by atoms with E-state index in [1.54, 1.807) is 0 Å². The van der Waals surface area contributed by atoms with Gasteiger partial charge < -0.3 is 11.1 Å². The molecule has 0 radical (unpaired) electrons. The molecule has 7 heteroatoms. The number of hydrogen-bond acceptors (Lipinski definition) is 2. The zero-order chi connectivity index (χ0) is 14.9. The van der Waals surface area contributed by atoms with Crippen molar-refractivity contribution >= 4 is 56.4 Å². The van der Waals surface area contributed by atoms with E-state index in [9.17, 15) is 9.18 Å². The van der Waals surface area contributed by atoms with E-state index in [0.717, 1.165) is 0 Å². The number of rotatable bonds is 2. The third-order valence-electron chi connectivity index (χ3n) is 2.52. The minimum atomic E-state index is -0.430. The van der Waals surface area contributed by atoms with Crippen LogP contribution < -0.4 is 11.1 Å². The number of amides is 1. The quantitative estimate of drug-likeness (QED) is 0.743. The SMILES string of the molecule is Nc1c(Cl)cc(C(=O)Nc2ccc(F)cc2Br)cc1Cl. The maximum absolute atomic E-state index is 13.0. The molecule has 3 N–H and O–H groups in total. The predicted octanol–water partition coefficient (Wildman–Crippen LogP) is 4.73. The predicted molar refractivity (Wildman–Crippen MR) is 82.9 cm³/mol. The first kappa shape index (κ1) is 15.1. The van der Waals surface area contributed by atoms with E-state index < -0.39 is 11.7 Å². The number of hydrogen-bond donors (Lipinski definition) is 2. The smallest absolute Gasteiger partial charge is 0.255 e. The monoisotopic (exact) mass is 376 g/mol. The first-order chi connectivity index (χ1) is 9.38. The molecule has 20 heavy (non-hydrogen) atoms. The summed E-state index contributed by atoms with van der Waals surface area (Å²) < 4.78 is 13.4. The van der Waals surface area contributed by atoms with E-state index in [1.807, 2.05) is 0 Å². The zero-order valence-corrected chi connectivity index (χ0v) is 13.0. The lowest BCUT2D eigenvalue weighted by Gasteiger charge is -2.09. The van der Waals surface area contributed by atoms with Gasteiger partial charge in [-0.1, -0.05) is 23.2 Å². The van der Waals surface area contributed by atoms with Gasteiger partial charge in [-0.3, -0.25) is 4.79 Å². The molecule has 0 saturated carbocycles. The lowest BCUT2D eigenvalue weighted by atomic mass is 10.2. The average Bonchev–Trinajstić information content (AvgIpc) is 2.38. The molecule has 0 saturated heterocycles. The van der Waals surface area contributed by atoms with Crippen molar-refractivity contribution in [1.82, 2.24) is 0 Å². The van der Waals surface area contributed by atoms with Crippen LogP contribution in [0.3, 0.4) is 0 Å². The summed E-state index contributed by atoms with van der Waals surface area (Å²) in [5.41, 5.74) is 6.50. The van der Waals surface area contributed by atoms with Crippen LogP contribution in [0.4, 0.5) is 15.8 Å². The van der Waals surface area contributed by atoms with Gasteiger partial charge in [0.25, 0.3) is 5.91 Å². The van der Waals surface area contributed by atoms with Crippen LogP contribution in [0.2, 0.25) is 10.0 Å². The first-order valence-corrected chi connectivity index (χ1v) is 6.94. The van der Waals surface area contributed by atoms with Crippen molar-refractivity contribution in [3.05, 3.63) is 56.2 Å². The fraction of sp³-hybridized carbons (Fsp3) is 0. The molecule has 2 rings (SSSR count). The number of nitrogens with one attached hydrogen (secondary N) is 1. The van der Waals surface area contributed by atoms with Crippen LogP contribution in [-0.4, -0.2) is 5.91 Å². The van der Waals surface area contributed by atoms with Gasteiger partial charge in [-0.25, -0.2) is 4.39 Å². The first-order valence-electron chi connectivity index (χ1n) is 5.39. The molecule has 0 aliphatic carbocycles. The Hall–Kier alpha value is -1.30. The third-order valence-corrected chi connectivity index (χ3v) is 3.80. The van der Waals surface area contributed by atoms with Crippen LogP contribution in [-0.2, 0) is 0 Å². The van der Waals surface area contributed by atoms with E-state index in [-0.39, 0.29) is 21.3 Å². The second kappa shape index (κ2) is 5.99. The molecule has 0 aliphatic heterocycles. The minimum absolute atomic E-state index is 0.195.